The average Bonchev–Trinajstić information content (AvgIpc) is 2.35. The van der Waals surface area contributed by atoms with E-state index >= 15 is 0 Å². The first kappa shape index (κ1) is 12.9. The molecule has 0 bridgehead atoms. The number of phenols is 1. The first-order valence-electron chi connectivity index (χ1n) is 5.43. The normalized spacial score (nSPS) is 10.4. The highest BCUT2D eigenvalue weighted by Crippen LogP contribution is 2.27. The molecule has 0 radical (unpaired) electrons. The van der Waals surface area contributed by atoms with Crippen molar-refractivity contribution in [3.05, 3.63) is 57.8 Å². The smallest absolute Gasteiger partial charge is 0.129 e. The van der Waals surface area contributed by atoms with Crippen LogP contribution in [0.5, 0.6) is 11.5 Å². The Morgan fingerprint density at radius 1 is 1.28 bits per heavy atom. The minimum absolute atomic E-state index is 0.121. The van der Waals surface area contributed by atoms with Crippen molar-refractivity contribution >= 4 is 15.9 Å². The van der Waals surface area contributed by atoms with Gasteiger partial charge in [-0.3, -0.25) is 0 Å². The molecule has 2 aromatic rings. The maximum atomic E-state index is 13.5. The Bertz CT molecular complexity index is 568. The summed E-state index contributed by atoms with van der Waals surface area (Å²) in [6.07, 6.45) is 0. The van der Waals surface area contributed by atoms with Crippen molar-refractivity contribution in [1.29, 1.82) is 0 Å². The minimum atomic E-state index is -0.309. The topological polar surface area (TPSA) is 29.5 Å². The molecule has 0 aromatic heterocycles. The summed E-state index contributed by atoms with van der Waals surface area (Å²) in [5.74, 6) is 0.410. The van der Waals surface area contributed by atoms with Crippen molar-refractivity contribution in [2.75, 3.05) is 0 Å². The van der Waals surface area contributed by atoms with E-state index in [4.69, 9.17) is 4.74 Å². The van der Waals surface area contributed by atoms with E-state index in [9.17, 15) is 9.50 Å². The lowest BCUT2D eigenvalue weighted by Crippen LogP contribution is -1.99. The van der Waals surface area contributed by atoms with Gasteiger partial charge < -0.3 is 9.84 Å². The zero-order valence-corrected chi connectivity index (χ0v) is 11.4. The molecule has 0 heterocycles. The lowest BCUT2D eigenvalue weighted by molar-refractivity contribution is 0.295. The predicted molar refractivity (Wildman–Crippen MR) is 71.3 cm³/mol. The van der Waals surface area contributed by atoms with Crippen LogP contribution in [0.15, 0.2) is 40.9 Å². The van der Waals surface area contributed by atoms with Crippen LogP contribution in [0, 0.1) is 12.7 Å². The Hall–Kier alpha value is -1.55. The van der Waals surface area contributed by atoms with Crippen LogP contribution in [0.1, 0.15) is 11.1 Å². The Morgan fingerprint density at radius 2 is 2.06 bits per heavy atom. The molecule has 0 saturated heterocycles. The van der Waals surface area contributed by atoms with Crippen molar-refractivity contribution in [2.45, 2.75) is 13.5 Å². The van der Waals surface area contributed by atoms with Gasteiger partial charge in [-0.1, -0.05) is 22.0 Å². The number of halogens is 2. The van der Waals surface area contributed by atoms with E-state index in [2.05, 4.69) is 15.9 Å². The number of hydrogen-bond acceptors (Lipinski definition) is 2. The van der Waals surface area contributed by atoms with Crippen LogP contribution in [0.3, 0.4) is 0 Å². The summed E-state index contributed by atoms with van der Waals surface area (Å²) >= 11 is 3.29. The lowest BCUT2D eigenvalue weighted by atomic mass is 10.2. The molecular formula is C14H12BrFO2. The lowest BCUT2D eigenvalue weighted by Gasteiger charge is -2.10. The van der Waals surface area contributed by atoms with Gasteiger partial charge >= 0.3 is 0 Å². The molecule has 0 fully saturated rings. The molecule has 0 amide bonds. The van der Waals surface area contributed by atoms with Crippen LogP contribution in [0.4, 0.5) is 4.39 Å². The fraction of sp³-hybridized carbons (Fsp3) is 0.143. The van der Waals surface area contributed by atoms with Crippen LogP contribution in [0.25, 0.3) is 0 Å². The second kappa shape index (κ2) is 5.40. The molecule has 0 unspecified atom stereocenters. The average molecular weight is 311 g/mol. The zero-order chi connectivity index (χ0) is 13.1. The van der Waals surface area contributed by atoms with Crippen LogP contribution >= 0.6 is 15.9 Å². The van der Waals surface area contributed by atoms with Gasteiger partial charge in [-0.05, 0) is 37.3 Å². The third-order valence-electron chi connectivity index (χ3n) is 2.65. The quantitative estimate of drug-likeness (QED) is 0.921. The van der Waals surface area contributed by atoms with Gasteiger partial charge in [0, 0.05) is 15.6 Å². The standard InChI is InChI=1S/C14H12BrFO2/c1-9-13(17)3-2-4-14(9)18-8-10-7-11(15)5-6-12(10)16/h2-7,17H,8H2,1H3. The van der Waals surface area contributed by atoms with Gasteiger partial charge in [-0.15, -0.1) is 0 Å². The van der Waals surface area contributed by atoms with Crippen LogP contribution in [0.2, 0.25) is 0 Å². The summed E-state index contributed by atoms with van der Waals surface area (Å²) < 4.78 is 19.8. The molecular weight excluding hydrogens is 299 g/mol. The van der Waals surface area contributed by atoms with Crippen LogP contribution in [-0.2, 0) is 6.61 Å². The molecule has 18 heavy (non-hydrogen) atoms. The minimum Gasteiger partial charge on any atom is -0.508 e. The second-order valence-electron chi connectivity index (χ2n) is 3.92. The van der Waals surface area contributed by atoms with E-state index in [0.29, 0.717) is 16.9 Å². The van der Waals surface area contributed by atoms with E-state index in [1.54, 1.807) is 37.3 Å². The first-order chi connectivity index (χ1) is 8.58. The monoisotopic (exact) mass is 310 g/mol. The highest BCUT2D eigenvalue weighted by molar-refractivity contribution is 9.10. The molecule has 0 aliphatic carbocycles. The number of phenolic OH excluding ortho intramolecular Hbond substituents is 1. The van der Waals surface area contributed by atoms with Crippen molar-refractivity contribution in [2.24, 2.45) is 0 Å². The summed E-state index contributed by atoms with van der Waals surface area (Å²) in [6.45, 7) is 1.87. The summed E-state index contributed by atoms with van der Waals surface area (Å²) in [5, 5.41) is 9.53. The zero-order valence-electron chi connectivity index (χ0n) is 9.78. The van der Waals surface area contributed by atoms with E-state index in [1.807, 2.05) is 0 Å². The van der Waals surface area contributed by atoms with Crippen molar-refractivity contribution in [1.82, 2.24) is 0 Å². The Balaban J connectivity index is 2.16. The molecule has 2 nitrogen and oxygen atoms in total. The molecule has 2 aromatic carbocycles. The molecule has 0 saturated carbocycles. The number of aromatic hydroxyl groups is 1. The molecule has 2 rings (SSSR count). The van der Waals surface area contributed by atoms with E-state index in [1.165, 1.54) is 6.07 Å². The molecule has 0 spiro atoms. The Labute approximate surface area is 113 Å². The number of hydrogen-bond donors (Lipinski definition) is 1. The third kappa shape index (κ3) is 2.82. The van der Waals surface area contributed by atoms with Crippen molar-refractivity contribution in [3.63, 3.8) is 0 Å². The summed E-state index contributed by atoms with van der Waals surface area (Å²) in [5.41, 5.74) is 1.11. The molecule has 0 atom stereocenters. The van der Waals surface area contributed by atoms with Crippen LogP contribution < -0.4 is 4.74 Å². The number of ether oxygens (including phenoxy) is 1. The van der Waals surface area contributed by atoms with Gasteiger partial charge in [0.15, 0.2) is 0 Å². The van der Waals surface area contributed by atoms with Gasteiger partial charge in [0.25, 0.3) is 0 Å². The maximum Gasteiger partial charge on any atom is 0.129 e. The van der Waals surface area contributed by atoms with E-state index in [-0.39, 0.29) is 18.2 Å². The SMILES string of the molecule is Cc1c(O)cccc1OCc1cc(Br)ccc1F. The van der Waals surface area contributed by atoms with Crippen molar-refractivity contribution < 1.29 is 14.2 Å². The molecule has 0 aliphatic rings. The van der Waals surface area contributed by atoms with Gasteiger partial charge in [0.05, 0.1) is 0 Å². The Morgan fingerprint density at radius 3 is 2.83 bits per heavy atom. The van der Waals surface area contributed by atoms with Crippen LogP contribution in [-0.4, -0.2) is 5.11 Å². The molecule has 0 aliphatic heterocycles. The van der Waals surface area contributed by atoms with Gasteiger partial charge in [0.2, 0.25) is 0 Å². The van der Waals surface area contributed by atoms with Gasteiger partial charge in [-0.2, -0.15) is 0 Å². The second-order valence-corrected chi connectivity index (χ2v) is 4.84. The highest BCUT2D eigenvalue weighted by atomic mass is 79.9. The molecule has 4 heteroatoms. The summed E-state index contributed by atoms with van der Waals surface area (Å²) in [7, 11) is 0. The van der Waals surface area contributed by atoms with Gasteiger partial charge in [0.1, 0.15) is 23.9 Å². The highest BCUT2D eigenvalue weighted by Gasteiger charge is 2.07. The third-order valence-corrected chi connectivity index (χ3v) is 3.14. The Kier molecular flexibility index (Phi) is 3.87. The van der Waals surface area contributed by atoms with Gasteiger partial charge in [-0.25, -0.2) is 4.39 Å². The predicted octanol–water partition coefficient (Wildman–Crippen LogP) is 4.18. The largest absolute Gasteiger partial charge is 0.508 e. The van der Waals surface area contributed by atoms with E-state index < -0.39 is 0 Å². The van der Waals surface area contributed by atoms with Crippen molar-refractivity contribution in [3.8, 4) is 11.5 Å². The van der Waals surface area contributed by atoms with E-state index in [0.717, 1.165) is 4.47 Å². The number of rotatable bonds is 3. The molecule has 1 N–H and O–H groups in total. The fourth-order valence-corrected chi connectivity index (χ4v) is 1.98. The first-order valence-corrected chi connectivity index (χ1v) is 6.22. The summed E-state index contributed by atoms with van der Waals surface area (Å²) in [6, 6.07) is 9.71. The summed E-state index contributed by atoms with van der Waals surface area (Å²) in [4.78, 5) is 0. The molecule has 94 valence electrons. The number of benzene rings is 2. The maximum absolute atomic E-state index is 13.5. The fourth-order valence-electron chi connectivity index (χ4n) is 1.57.